The summed E-state index contributed by atoms with van der Waals surface area (Å²) in [4.78, 5) is 25.8. The standard InChI is InChI=1S/C35H38N2O4/c1-23-15-16-28(40-22-24(2)36-33(39)41-34(3,4)5)21-30(23)32(38)37-35(17-18-35)31-20-27(25-11-7-6-8-12-25)19-26-13-9-10-14-29(26)31/h6-16,19-21,24H,17-18,22H2,1-5H3,(H,36,39)(H,37,38). The van der Waals surface area contributed by atoms with Gasteiger partial charge in [0.15, 0.2) is 0 Å². The van der Waals surface area contributed by atoms with E-state index in [4.69, 9.17) is 9.47 Å². The van der Waals surface area contributed by atoms with E-state index in [9.17, 15) is 9.59 Å². The topological polar surface area (TPSA) is 76.7 Å². The molecule has 0 aromatic heterocycles. The number of aryl methyl sites for hydroxylation is 1. The molecule has 0 bridgehead atoms. The minimum absolute atomic E-state index is 0.125. The number of hydrogen-bond donors (Lipinski definition) is 2. The lowest BCUT2D eigenvalue weighted by atomic mass is 9.91. The van der Waals surface area contributed by atoms with Crippen LogP contribution < -0.4 is 15.4 Å². The maximum absolute atomic E-state index is 13.7. The summed E-state index contributed by atoms with van der Waals surface area (Å²) in [7, 11) is 0. The van der Waals surface area contributed by atoms with Crippen molar-refractivity contribution in [2.24, 2.45) is 0 Å². The molecule has 1 fully saturated rings. The molecule has 212 valence electrons. The molecule has 6 nitrogen and oxygen atoms in total. The number of fused-ring (bicyclic) bond motifs is 1. The van der Waals surface area contributed by atoms with Crippen molar-refractivity contribution in [1.82, 2.24) is 10.6 Å². The molecule has 0 heterocycles. The first-order chi connectivity index (χ1) is 19.5. The Hall–Kier alpha value is -4.32. The normalized spacial score (nSPS) is 14.7. The lowest BCUT2D eigenvalue weighted by Crippen LogP contribution is -2.40. The number of amides is 2. The van der Waals surface area contributed by atoms with Crippen LogP contribution in [0.2, 0.25) is 0 Å². The van der Waals surface area contributed by atoms with Gasteiger partial charge in [-0.25, -0.2) is 4.79 Å². The Morgan fingerprint density at radius 3 is 2.32 bits per heavy atom. The van der Waals surface area contributed by atoms with Gasteiger partial charge < -0.3 is 20.1 Å². The fourth-order valence-corrected chi connectivity index (χ4v) is 5.08. The van der Waals surface area contributed by atoms with E-state index in [1.54, 1.807) is 6.07 Å². The quantitative estimate of drug-likeness (QED) is 0.238. The third-order valence-corrected chi connectivity index (χ3v) is 7.30. The van der Waals surface area contributed by atoms with E-state index in [2.05, 4.69) is 59.2 Å². The number of carbonyl (C=O) groups excluding carboxylic acids is 2. The van der Waals surface area contributed by atoms with Crippen LogP contribution in [-0.2, 0) is 10.3 Å². The van der Waals surface area contributed by atoms with Gasteiger partial charge in [0, 0.05) is 5.56 Å². The van der Waals surface area contributed by atoms with Crippen molar-refractivity contribution in [1.29, 1.82) is 0 Å². The van der Waals surface area contributed by atoms with Crippen molar-refractivity contribution in [3.63, 3.8) is 0 Å². The summed E-state index contributed by atoms with van der Waals surface area (Å²) in [5.41, 5.74) is 3.89. The van der Waals surface area contributed by atoms with Gasteiger partial charge in [-0.15, -0.1) is 0 Å². The van der Waals surface area contributed by atoms with Gasteiger partial charge >= 0.3 is 6.09 Å². The fraction of sp³-hybridized carbons (Fsp3) is 0.314. The number of hydrogen-bond acceptors (Lipinski definition) is 4. The van der Waals surface area contributed by atoms with Crippen molar-refractivity contribution in [2.75, 3.05) is 6.61 Å². The number of benzene rings is 4. The van der Waals surface area contributed by atoms with Crippen molar-refractivity contribution in [2.45, 2.75) is 64.6 Å². The summed E-state index contributed by atoms with van der Waals surface area (Å²) in [6.45, 7) is 9.47. The first-order valence-electron chi connectivity index (χ1n) is 14.2. The van der Waals surface area contributed by atoms with Gasteiger partial charge in [0.2, 0.25) is 0 Å². The molecule has 1 aliphatic rings. The number of ether oxygens (including phenoxy) is 2. The molecule has 1 atom stereocenters. The largest absolute Gasteiger partial charge is 0.491 e. The third-order valence-electron chi connectivity index (χ3n) is 7.30. The Kier molecular flexibility index (Phi) is 7.76. The minimum atomic E-state index is -0.571. The summed E-state index contributed by atoms with van der Waals surface area (Å²) in [6, 6.07) is 28.4. The Morgan fingerprint density at radius 1 is 0.902 bits per heavy atom. The summed E-state index contributed by atoms with van der Waals surface area (Å²) in [6.07, 6.45) is 1.27. The van der Waals surface area contributed by atoms with Crippen LogP contribution in [0, 0.1) is 6.92 Å². The van der Waals surface area contributed by atoms with Crippen LogP contribution in [0.15, 0.2) is 84.9 Å². The van der Waals surface area contributed by atoms with E-state index in [-0.39, 0.29) is 18.6 Å². The number of carbonyl (C=O) groups is 2. The molecule has 0 spiro atoms. The van der Waals surface area contributed by atoms with Crippen LogP contribution in [0.4, 0.5) is 4.79 Å². The van der Waals surface area contributed by atoms with Crippen molar-refractivity contribution in [3.8, 4) is 16.9 Å². The molecule has 1 unspecified atom stereocenters. The second kappa shape index (κ2) is 11.3. The smallest absolute Gasteiger partial charge is 0.407 e. The number of rotatable bonds is 8. The summed E-state index contributed by atoms with van der Waals surface area (Å²) < 4.78 is 11.3. The van der Waals surface area contributed by atoms with E-state index in [1.807, 2.05) is 65.0 Å². The second-order valence-corrected chi connectivity index (χ2v) is 12.0. The van der Waals surface area contributed by atoms with E-state index in [1.165, 1.54) is 0 Å². The molecule has 5 rings (SSSR count). The zero-order valence-electron chi connectivity index (χ0n) is 24.4. The molecule has 1 saturated carbocycles. The van der Waals surface area contributed by atoms with Crippen LogP contribution in [-0.4, -0.2) is 30.3 Å². The van der Waals surface area contributed by atoms with Gasteiger partial charge in [-0.1, -0.05) is 60.7 Å². The Balaban J connectivity index is 1.34. The van der Waals surface area contributed by atoms with Crippen molar-refractivity contribution in [3.05, 3.63) is 102 Å². The zero-order chi connectivity index (χ0) is 29.2. The SMILES string of the molecule is Cc1ccc(OCC(C)NC(=O)OC(C)(C)C)cc1C(=O)NC1(c2cc(-c3ccccc3)cc3ccccc23)CC1. The van der Waals surface area contributed by atoms with Crippen molar-refractivity contribution < 1.29 is 19.1 Å². The number of nitrogens with one attached hydrogen (secondary N) is 2. The Bertz CT molecular complexity index is 1570. The van der Waals surface area contributed by atoms with E-state index >= 15 is 0 Å². The molecular weight excluding hydrogens is 512 g/mol. The van der Waals surface area contributed by atoms with Gasteiger partial charge in [-0.2, -0.15) is 0 Å². The van der Waals surface area contributed by atoms with Gasteiger partial charge in [-0.05, 0) is 105 Å². The summed E-state index contributed by atoms with van der Waals surface area (Å²) >= 11 is 0. The average Bonchev–Trinajstić information content (AvgIpc) is 3.71. The highest BCUT2D eigenvalue weighted by Gasteiger charge is 2.47. The molecule has 4 aromatic carbocycles. The highest BCUT2D eigenvalue weighted by Crippen LogP contribution is 2.49. The predicted molar refractivity (Wildman–Crippen MR) is 163 cm³/mol. The number of alkyl carbamates (subject to hydrolysis) is 1. The van der Waals surface area contributed by atoms with Gasteiger partial charge in [0.1, 0.15) is 18.0 Å². The fourth-order valence-electron chi connectivity index (χ4n) is 5.08. The zero-order valence-corrected chi connectivity index (χ0v) is 24.4. The highest BCUT2D eigenvalue weighted by molar-refractivity contribution is 5.98. The lowest BCUT2D eigenvalue weighted by Gasteiger charge is -2.23. The minimum Gasteiger partial charge on any atom is -0.491 e. The van der Waals surface area contributed by atoms with Gasteiger partial charge in [0.25, 0.3) is 5.91 Å². The molecule has 4 aromatic rings. The van der Waals surface area contributed by atoms with Gasteiger partial charge in [-0.3, -0.25) is 4.79 Å². The van der Waals surface area contributed by atoms with Crippen LogP contribution >= 0.6 is 0 Å². The lowest BCUT2D eigenvalue weighted by molar-refractivity contribution is 0.0494. The molecule has 1 aliphatic carbocycles. The maximum atomic E-state index is 13.7. The molecule has 41 heavy (non-hydrogen) atoms. The van der Waals surface area contributed by atoms with E-state index < -0.39 is 17.2 Å². The molecule has 0 saturated heterocycles. The molecule has 0 aliphatic heterocycles. The molecule has 2 N–H and O–H groups in total. The van der Waals surface area contributed by atoms with Crippen LogP contribution in [0.3, 0.4) is 0 Å². The first kappa shape index (κ1) is 28.2. The Morgan fingerprint density at radius 2 is 1.61 bits per heavy atom. The molecular formula is C35H38N2O4. The van der Waals surface area contributed by atoms with Crippen LogP contribution in [0.1, 0.15) is 62.0 Å². The van der Waals surface area contributed by atoms with E-state index in [0.717, 1.165) is 45.9 Å². The first-order valence-corrected chi connectivity index (χ1v) is 14.2. The van der Waals surface area contributed by atoms with Crippen molar-refractivity contribution >= 4 is 22.8 Å². The summed E-state index contributed by atoms with van der Waals surface area (Å²) in [5, 5.41) is 8.48. The molecule has 6 heteroatoms. The second-order valence-electron chi connectivity index (χ2n) is 12.0. The van der Waals surface area contributed by atoms with Gasteiger partial charge in [0.05, 0.1) is 11.6 Å². The maximum Gasteiger partial charge on any atom is 0.407 e. The Labute approximate surface area is 242 Å². The third kappa shape index (κ3) is 6.71. The van der Waals surface area contributed by atoms with Crippen LogP contribution in [0.25, 0.3) is 21.9 Å². The predicted octanol–water partition coefficient (Wildman–Crippen LogP) is 7.53. The summed E-state index contributed by atoms with van der Waals surface area (Å²) in [5.74, 6) is 0.444. The monoisotopic (exact) mass is 550 g/mol. The molecule has 2 amide bonds. The molecule has 0 radical (unpaired) electrons. The van der Waals surface area contributed by atoms with Crippen LogP contribution in [0.5, 0.6) is 5.75 Å². The van der Waals surface area contributed by atoms with E-state index in [0.29, 0.717) is 11.3 Å². The highest BCUT2D eigenvalue weighted by atomic mass is 16.6. The average molecular weight is 551 g/mol.